The molecule has 1 saturated heterocycles. The maximum absolute atomic E-state index is 13.5. The van der Waals surface area contributed by atoms with E-state index in [-0.39, 0.29) is 17.8 Å². The van der Waals surface area contributed by atoms with Crippen LogP contribution in [0, 0.1) is 11.7 Å². The number of hydrogen-bond acceptors (Lipinski definition) is 4. The van der Waals surface area contributed by atoms with Crippen LogP contribution in [0.5, 0.6) is 0 Å². The Hall–Kier alpha value is -1.86. The number of thioether (sulfide) groups is 1. The van der Waals surface area contributed by atoms with Gasteiger partial charge in [-0.15, -0.1) is 11.8 Å². The van der Waals surface area contributed by atoms with E-state index in [9.17, 15) is 19.1 Å². The first-order chi connectivity index (χ1) is 10.6. The number of halogens is 1. The fraction of sp³-hybridized carbons (Fsp3) is 0.333. The lowest BCUT2D eigenvalue weighted by molar-refractivity contribution is -0.142. The number of aliphatic hydroxyl groups is 1. The van der Waals surface area contributed by atoms with E-state index in [1.54, 1.807) is 29.7 Å². The zero-order valence-electron chi connectivity index (χ0n) is 11.5. The van der Waals surface area contributed by atoms with Crippen LogP contribution in [0.4, 0.5) is 4.39 Å². The maximum atomic E-state index is 13.5. The zero-order valence-corrected chi connectivity index (χ0v) is 12.3. The van der Waals surface area contributed by atoms with Gasteiger partial charge in [-0.2, -0.15) is 0 Å². The lowest BCUT2D eigenvalue weighted by atomic mass is 9.89. The van der Waals surface area contributed by atoms with Gasteiger partial charge >= 0.3 is 0 Å². The van der Waals surface area contributed by atoms with Crippen LogP contribution in [0.1, 0.15) is 5.56 Å². The Morgan fingerprint density at radius 2 is 2.18 bits per heavy atom. The molecule has 0 aromatic heterocycles. The SMILES string of the molecule is O=C(NCc1ccccc1F)C1C(=O)NC2C=CSC2C1O. The van der Waals surface area contributed by atoms with Crippen LogP contribution in [0.3, 0.4) is 0 Å². The highest BCUT2D eigenvalue weighted by Crippen LogP contribution is 2.33. The van der Waals surface area contributed by atoms with Crippen molar-refractivity contribution in [3.8, 4) is 0 Å². The van der Waals surface area contributed by atoms with Crippen LogP contribution in [-0.2, 0) is 16.1 Å². The summed E-state index contributed by atoms with van der Waals surface area (Å²) < 4.78 is 13.5. The summed E-state index contributed by atoms with van der Waals surface area (Å²) in [6, 6.07) is 5.83. The number of aliphatic hydroxyl groups excluding tert-OH is 1. The molecule has 3 N–H and O–H groups in total. The molecule has 1 aromatic rings. The number of benzene rings is 1. The molecule has 2 amide bonds. The van der Waals surface area contributed by atoms with E-state index < -0.39 is 29.7 Å². The minimum atomic E-state index is -1.18. The summed E-state index contributed by atoms with van der Waals surface area (Å²) in [4.78, 5) is 24.2. The standard InChI is InChI=1S/C15H15FN2O3S/c16-9-4-2-1-3-8(9)7-17-14(20)11-12(19)13-10(5-6-22-13)18-15(11)21/h1-6,10-13,19H,7H2,(H,17,20)(H,18,21). The van der Waals surface area contributed by atoms with E-state index in [2.05, 4.69) is 10.6 Å². The Labute approximate surface area is 131 Å². The summed E-state index contributed by atoms with van der Waals surface area (Å²) in [6.07, 6.45) is 0.726. The largest absolute Gasteiger partial charge is 0.390 e. The van der Waals surface area contributed by atoms with Crippen molar-refractivity contribution < 1.29 is 19.1 Å². The minimum Gasteiger partial charge on any atom is -0.390 e. The van der Waals surface area contributed by atoms with Gasteiger partial charge in [0.15, 0.2) is 0 Å². The molecule has 0 saturated carbocycles. The summed E-state index contributed by atoms with van der Waals surface area (Å²) in [5, 5.41) is 17.0. The van der Waals surface area contributed by atoms with Crippen LogP contribution >= 0.6 is 11.8 Å². The predicted octanol–water partition coefficient (Wildman–Crippen LogP) is 0.546. The fourth-order valence-electron chi connectivity index (χ4n) is 2.65. The highest BCUT2D eigenvalue weighted by molar-refractivity contribution is 8.03. The van der Waals surface area contributed by atoms with E-state index in [0.717, 1.165) is 0 Å². The lowest BCUT2D eigenvalue weighted by Gasteiger charge is -2.35. The molecule has 0 bridgehead atoms. The van der Waals surface area contributed by atoms with Gasteiger partial charge in [-0.3, -0.25) is 9.59 Å². The first-order valence-electron chi connectivity index (χ1n) is 6.89. The summed E-state index contributed by atoms with van der Waals surface area (Å²) >= 11 is 1.39. The Morgan fingerprint density at radius 1 is 1.41 bits per heavy atom. The number of hydrogen-bond donors (Lipinski definition) is 3. The van der Waals surface area contributed by atoms with Gasteiger partial charge in [0.1, 0.15) is 11.7 Å². The number of fused-ring (bicyclic) bond motifs is 1. The van der Waals surface area contributed by atoms with Gasteiger partial charge < -0.3 is 15.7 Å². The average Bonchev–Trinajstić information content (AvgIpc) is 2.95. The van der Waals surface area contributed by atoms with E-state index >= 15 is 0 Å². The second-order valence-electron chi connectivity index (χ2n) is 5.24. The average molecular weight is 322 g/mol. The quantitative estimate of drug-likeness (QED) is 0.710. The molecular formula is C15H15FN2O3S. The summed E-state index contributed by atoms with van der Waals surface area (Å²) in [5.74, 6) is -2.71. The van der Waals surface area contributed by atoms with Crippen molar-refractivity contribution in [2.24, 2.45) is 5.92 Å². The number of carbonyl (C=O) groups is 2. The Morgan fingerprint density at radius 3 is 2.95 bits per heavy atom. The van der Waals surface area contributed by atoms with E-state index in [1.165, 1.54) is 17.8 Å². The smallest absolute Gasteiger partial charge is 0.235 e. The molecule has 2 heterocycles. The zero-order chi connectivity index (χ0) is 15.7. The van der Waals surface area contributed by atoms with E-state index in [0.29, 0.717) is 5.56 Å². The number of carbonyl (C=O) groups excluding carboxylic acids is 2. The summed E-state index contributed by atoms with van der Waals surface area (Å²) in [5.41, 5.74) is 0.330. The highest BCUT2D eigenvalue weighted by atomic mass is 32.2. The Bertz CT molecular complexity index is 637. The first-order valence-corrected chi connectivity index (χ1v) is 7.84. The minimum absolute atomic E-state index is 0.0263. The second-order valence-corrected chi connectivity index (χ2v) is 6.33. The molecule has 0 aliphatic carbocycles. The maximum Gasteiger partial charge on any atom is 0.235 e. The third-order valence-electron chi connectivity index (χ3n) is 3.84. The van der Waals surface area contributed by atoms with Crippen LogP contribution in [0.15, 0.2) is 35.7 Å². The van der Waals surface area contributed by atoms with Crippen molar-refractivity contribution in [1.82, 2.24) is 10.6 Å². The van der Waals surface area contributed by atoms with Crippen LogP contribution in [0.2, 0.25) is 0 Å². The Kier molecular flexibility index (Phi) is 4.17. The molecule has 7 heteroatoms. The molecular weight excluding hydrogens is 307 g/mol. The van der Waals surface area contributed by atoms with Crippen molar-refractivity contribution in [3.05, 3.63) is 47.1 Å². The number of rotatable bonds is 3. The van der Waals surface area contributed by atoms with E-state index in [1.807, 2.05) is 0 Å². The van der Waals surface area contributed by atoms with Crippen molar-refractivity contribution in [2.45, 2.75) is 23.9 Å². The molecule has 4 atom stereocenters. The van der Waals surface area contributed by atoms with Crippen molar-refractivity contribution in [2.75, 3.05) is 0 Å². The van der Waals surface area contributed by atoms with Crippen molar-refractivity contribution in [3.63, 3.8) is 0 Å². The lowest BCUT2D eigenvalue weighted by Crippen LogP contribution is -2.60. The molecule has 2 aliphatic heterocycles. The molecule has 0 spiro atoms. The number of amides is 2. The Balaban J connectivity index is 1.67. The van der Waals surface area contributed by atoms with Crippen LogP contribution < -0.4 is 10.6 Å². The first kappa shape index (κ1) is 15.1. The molecule has 116 valence electrons. The van der Waals surface area contributed by atoms with Gasteiger partial charge in [0.2, 0.25) is 11.8 Å². The van der Waals surface area contributed by atoms with E-state index in [4.69, 9.17) is 0 Å². The number of piperidine rings is 1. The third kappa shape index (κ3) is 2.74. The molecule has 4 unspecified atom stereocenters. The van der Waals surface area contributed by atoms with Crippen molar-refractivity contribution >= 4 is 23.6 Å². The molecule has 5 nitrogen and oxygen atoms in total. The topological polar surface area (TPSA) is 78.4 Å². The third-order valence-corrected chi connectivity index (χ3v) is 5.04. The van der Waals surface area contributed by atoms with Gasteiger partial charge in [-0.1, -0.05) is 24.3 Å². The molecule has 1 fully saturated rings. The van der Waals surface area contributed by atoms with Crippen molar-refractivity contribution in [1.29, 1.82) is 0 Å². The van der Waals surface area contributed by atoms with Gasteiger partial charge in [0.25, 0.3) is 0 Å². The molecule has 2 aliphatic rings. The molecule has 0 radical (unpaired) electrons. The monoisotopic (exact) mass is 322 g/mol. The fourth-order valence-corrected chi connectivity index (χ4v) is 3.73. The van der Waals surface area contributed by atoms with Crippen LogP contribution in [0.25, 0.3) is 0 Å². The molecule has 1 aromatic carbocycles. The molecule has 3 rings (SSSR count). The van der Waals surface area contributed by atoms with Gasteiger partial charge in [-0.05, 0) is 11.5 Å². The van der Waals surface area contributed by atoms with Gasteiger partial charge in [0.05, 0.1) is 17.4 Å². The normalized spacial score (nSPS) is 29.8. The number of nitrogens with one attached hydrogen (secondary N) is 2. The second kappa shape index (κ2) is 6.10. The van der Waals surface area contributed by atoms with Gasteiger partial charge in [0, 0.05) is 12.1 Å². The summed E-state index contributed by atoms with van der Waals surface area (Å²) in [6.45, 7) is -0.0263. The van der Waals surface area contributed by atoms with Gasteiger partial charge in [-0.25, -0.2) is 4.39 Å². The molecule has 22 heavy (non-hydrogen) atoms. The highest BCUT2D eigenvalue weighted by Gasteiger charge is 2.47. The van der Waals surface area contributed by atoms with Crippen LogP contribution in [-0.4, -0.2) is 34.3 Å². The summed E-state index contributed by atoms with van der Waals surface area (Å²) in [7, 11) is 0. The predicted molar refractivity (Wildman–Crippen MR) is 80.2 cm³/mol.